The number of anilines is 1. The second-order valence-electron chi connectivity index (χ2n) is 6.27. The Labute approximate surface area is 141 Å². The van der Waals surface area contributed by atoms with Gasteiger partial charge < -0.3 is 9.80 Å². The molecule has 0 radical (unpaired) electrons. The maximum absolute atomic E-state index is 12.7. The van der Waals surface area contributed by atoms with Crippen LogP contribution in [-0.4, -0.2) is 35.3 Å². The van der Waals surface area contributed by atoms with E-state index < -0.39 is 0 Å². The lowest BCUT2D eigenvalue weighted by molar-refractivity contribution is -0.128. The first-order valence-electron chi connectivity index (χ1n) is 8.05. The molecule has 1 aromatic heterocycles. The van der Waals surface area contributed by atoms with Gasteiger partial charge in [0.1, 0.15) is 0 Å². The summed E-state index contributed by atoms with van der Waals surface area (Å²) in [6.45, 7) is 3.06. The van der Waals surface area contributed by atoms with E-state index in [1.54, 1.807) is 35.3 Å². The summed E-state index contributed by atoms with van der Waals surface area (Å²) in [5.74, 6) is -0.301. The third-order valence-corrected chi connectivity index (χ3v) is 4.42. The van der Waals surface area contributed by atoms with Crippen LogP contribution in [0.2, 0.25) is 0 Å². The quantitative estimate of drug-likeness (QED) is 0.868. The number of carbonyl (C=O) groups is 2. The van der Waals surface area contributed by atoms with Gasteiger partial charge in [-0.1, -0.05) is 29.8 Å². The van der Waals surface area contributed by atoms with Crippen molar-refractivity contribution in [2.24, 2.45) is 5.92 Å². The van der Waals surface area contributed by atoms with Crippen molar-refractivity contribution in [2.75, 3.05) is 18.5 Å². The third kappa shape index (κ3) is 3.45. The summed E-state index contributed by atoms with van der Waals surface area (Å²) < 4.78 is 0. The van der Waals surface area contributed by atoms with Crippen LogP contribution in [0.4, 0.5) is 5.69 Å². The van der Waals surface area contributed by atoms with Crippen LogP contribution in [0.3, 0.4) is 0 Å². The number of nitrogens with zero attached hydrogens (tertiary/aromatic N) is 3. The molecule has 2 aromatic rings. The molecule has 5 nitrogen and oxygen atoms in total. The van der Waals surface area contributed by atoms with Crippen molar-refractivity contribution in [3.63, 3.8) is 0 Å². The summed E-state index contributed by atoms with van der Waals surface area (Å²) in [5, 5.41) is 0. The highest BCUT2D eigenvalue weighted by Crippen LogP contribution is 2.24. The molecular weight excluding hydrogens is 302 g/mol. The summed E-state index contributed by atoms with van der Waals surface area (Å²) >= 11 is 0. The van der Waals surface area contributed by atoms with Gasteiger partial charge in [-0.3, -0.25) is 14.6 Å². The Balaban J connectivity index is 1.65. The van der Waals surface area contributed by atoms with Gasteiger partial charge in [-0.2, -0.15) is 0 Å². The van der Waals surface area contributed by atoms with Gasteiger partial charge in [-0.05, 0) is 24.6 Å². The number of aromatic nitrogens is 1. The zero-order valence-corrected chi connectivity index (χ0v) is 14.0. The number of pyridine rings is 1. The third-order valence-electron chi connectivity index (χ3n) is 4.42. The zero-order chi connectivity index (χ0) is 17.1. The van der Waals surface area contributed by atoms with E-state index in [2.05, 4.69) is 4.98 Å². The number of hydrogen-bond donors (Lipinski definition) is 0. The molecular formula is C19H21N3O2. The second kappa shape index (κ2) is 6.83. The van der Waals surface area contributed by atoms with Crippen molar-refractivity contribution < 1.29 is 9.59 Å². The SMILES string of the molecule is Cc1ccc(CN2C[C@@H](C(=O)N(C)c3cccnc3)CC2=O)cc1. The predicted octanol–water partition coefficient (Wildman–Crippen LogP) is 2.40. The van der Waals surface area contributed by atoms with Crippen LogP contribution in [0, 0.1) is 12.8 Å². The minimum atomic E-state index is -0.298. The predicted molar refractivity (Wildman–Crippen MR) is 92.4 cm³/mol. The van der Waals surface area contributed by atoms with E-state index in [0.29, 0.717) is 13.1 Å². The topological polar surface area (TPSA) is 53.5 Å². The Morgan fingerprint density at radius 2 is 2.04 bits per heavy atom. The molecule has 0 saturated carbocycles. The van der Waals surface area contributed by atoms with E-state index in [1.165, 1.54) is 5.56 Å². The number of carbonyl (C=O) groups excluding carboxylic acids is 2. The Hall–Kier alpha value is -2.69. The summed E-state index contributed by atoms with van der Waals surface area (Å²) in [7, 11) is 1.73. The van der Waals surface area contributed by atoms with E-state index in [4.69, 9.17) is 0 Å². The van der Waals surface area contributed by atoms with Crippen LogP contribution in [0.1, 0.15) is 17.5 Å². The summed E-state index contributed by atoms with van der Waals surface area (Å²) in [6.07, 6.45) is 3.60. The van der Waals surface area contributed by atoms with Gasteiger partial charge in [0.15, 0.2) is 0 Å². The van der Waals surface area contributed by atoms with Crippen LogP contribution in [0.25, 0.3) is 0 Å². The van der Waals surface area contributed by atoms with Crippen LogP contribution in [-0.2, 0) is 16.1 Å². The molecule has 1 aliphatic heterocycles. The van der Waals surface area contributed by atoms with Gasteiger partial charge in [-0.25, -0.2) is 0 Å². The standard InChI is InChI=1S/C19H21N3O2/c1-14-5-7-15(8-6-14)12-22-13-16(10-18(22)23)19(24)21(2)17-4-3-9-20-11-17/h3-9,11,16H,10,12-13H2,1-2H3/t16-/m0/s1. The molecule has 5 heteroatoms. The number of likely N-dealkylation sites (tertiary alicyclic amines) is 1. The Kier molecular flexibility index (Phi) is 4.60. The normalized spacial score (nSPS) is 17.2. The highest BCUT2D eigenvalue weighted by molar-refractivity contribution is 5.98. The number of benzene rings is 1. The summed E-state index contributed by atoms with van der Waals surface area (Å²) in [5.41, 5.74) is 3.02. The Morgan fingerprint density at radius 3 is 2.71 bits per heavy atom. The highest BCUT2D eigenvalue weighted by Gasteiger charge is 2.35. The molecule has 0 N–H and O–H groups in total. The fraction of sp³-hybridized carbons (Fsp3) is 0.316. The van der Waals surface area contributed by atoms with Crippen LogP contribution in [0.5, 0.6) is 0 Å². The van der Waals surface area contributed by atoms with Gasteiger partial charge in [0, 0.05) is 32.8 Å². The number of amides is 2. The van der Waals surface area contributed by atoms with E-state index in [0.717, 1.165) is 11.3 Å². The average Bonchev–Trinajstić information content (AvgIpc) is 2.97. The van der Waals surface area contributed by atoms with Gasteiger partial charge >= 0.3 is 0 Å². The van der Waals surface area contributed by atoms with Crippen molar-refractivity contribution in [1.29, 1.82) is 0 Å². The molecule has 124 valence electrons. The van der Waals surface area contributed by atoms with E-state index in [9.17, 15) is 9.59 Å². The van der Waals surface area contributed by atoms with E-state index >= 15 is 0 Å². The molecule has 1 aromatic carbocycles. The summed E-state index contributed by atoms with van der Waals surface area (Å²) in [4.78, 5) is 32.3. The largest absolute Gasteiger partial charge is 0.338 e. The fourth-order valence-corrected chi connectivity index (χ4v) is 2.96. The summed E-state index contributed by atoms with van der Waals surface area (Å²) in [6, 6.07) is 11.8. The monoisotopic (exact) mass is 323 g/mol. The van der Waals surface area contributed by atoms with Crippen LogP contribution in [0.15, 0.2) is 48.8 Å². The molecule has 1 saturated heterocycles. The Morgan fingerprint density at radius 1 is 1.29 bits per heavy atom. The average molecular weight is 323 g/mol. The molecule has 0 aliphatic carbocycles. The zero-order valence-electron chi connectivity index (χ0n) is 14.0. The molecule has 1 fully saturated rings. The van der Waals surface area contributed by atoms with Crippen molar-refractivity contribution in [3.05, 3.63) is 59.9 Å². The van der Waals surface area contributed by atoms with Crippen molar-refractivity contribution in [2.45, 2.75) is 19.9 Å². The number of rotatable bonds is 4. The lowest BCUT2D eigenvalue weighted by Crippen LogP contribution is -2.34. The highest BCUT2D eigenvalue weighted by atomic mass is 16.2. The minimum Gasteiger partial charge on any atom is -0.338 e. The maximum atomic E-state index is 12.7. The molecule has 1 aliphatic rings. The lowest BCUT2D eigenvalue weighted by atomic mass is 10.1. The number of hydrogen-bond acceptors (Lipinski definition) is 3. The molecule has 3 rings (SSSR count). The molecule has 0 bridgehead atoms. The maximum Gasteiger partial charge on any atom is 0.232 e. The lowest BCUT2D eigenvalue weighted by Gasteiger charge is -2.21. The van der Waals surface area contributed by atoms with Gasteiger partial charge in [0.25, 0.3) is 0 Å². The fourth-order valence-electron chi connectivity index (χ4n) is 2.96. The van der Waals surface area contributed by atoms with Gasteiger partial charge in [-0.15, -0.1) is 0 Å². The van der Waals surface area contributed by atoms with Gasteiger partial charge in [0.05, 0.1) is 17.8 Å². The first-order chi connectivity index (χ1) is 11.5. The molecule has 0 unspecified atom stereocenters. The molecule has 1 atom stereocenters. The smallest absolute Gasteiger partial charge is 0.232 e. The Bertz CT molecular complexity index is 728. The molecule has 24 heavy (non-hydrogen) atoms. The van der Waals surface area contributed by atoms with Crippen molar-refractivity contribution in [3.8, 4) is 0 Å². The second-order valence-corrected chi connectivity index (χ2v) is 6.27. The van der Waals surface area contributed by atoms with Crippen LogP contribution < -0.4 is 4.90 Å². The number of aryl methyl sites for hydroxylation is 1. The van der Waals surface area contributed by atoms with Crippen LogP contribution >= 0.6 is 0 Å². The minimum absolute atomic E-state index is 0.0357. The first kappa shape index (κ1) is 16.2. The first-order valence-corrected chi connectivity index (χ1v) is 8.05. The van der Waals surface area contributed by atoms with E-state index in [1.807, 2.05) is 37.3 Å². The molecule has 2 heterocycles. The molecule has 2 amide bonds. The van der Waals surface area contributed by atoms with Crippen molar-refractivity contribution in [1.82, 2.24) is 9.88 Å². The van der Waals surface area contributed by atoms with Gasteiger partial charge in [0.2, 0.25) is 11.8 Å². The molecule has 0 spiro atoms. The van der Waals surface area contributed by atoms with Crippen molar-refractivity contribution >= 4 is 17.5 Å². The van der Waals surface area contributed by atoms with E-state index in [-0.39, 0.29) is 24.2 Å².